The van der Waals surface area contributed by atoms with Gasteiger partial charge < -0.3 is 5.11 Å². The lowest BCUT2D eigenvalue weighted by molar-refractivity contribution is 0.0470. The fourth-order valence-corrected chi connectivity index (χ4v) is 3.72. The minimum absolute atomic E-state index is 0.252. The number of hydrogen-bond donors (Lipinski definition) is 1. The molecule has 3 rings (SSSR count). The lowest BCUT2D eigenvalue weighted by Crippen LogP contribution is -2.54. The molecule has 5 heteroatoms. The zero-order valence-corrected chi connectivity index (χ0v) is 15.6. The van der Waals surface area contributed by atoms with Gasteiger partial charge >= 0.3 is 0 Å². The van der Waals surface area contributed by atoms with E-state index in [1.165, 1.54) is 0 Å². The van der Waals surface area contributed by atoms with Gasteiger partial charge in [0.2, 0.25) is 0 Å². The van der Waals surface area contributed by atoms with Crippen molar-refractivity contribution in [2.75, 3.05) is 32.8 Å². The van der Waals surface area contributed by atoms with E-state index in [9.17, 15) is 5.11 Å². The van der Waals surface area contributed by atoms with Crippen LogP contribution in [0.3, 0.4) is 0 Å². The molecule has 1 atom stereocenters. The van der Waals surface area contributed by atoms with E-state index in [-0.39, 0.29) is 6.61 Å². The Bertz CT molecular complexity index is 703. The third-order valence-electron chi connectivity index (χ3n) is 4.97. The van der Waals surface area contributed by atoms with Crippen molar-refractivity contribution in [3.63, 3.8) is 0 Å². The van der Waals surface area contributed by atoms with E-state index in [0.717, 1.165) is 61.6 Å². The highest BCUT2D eigenvalue weighted by atomic mass is 16.3. The van der Waals surface area contributed by atoms with E-state index in [2.05, 4.69) is 30.6 Å². The number of rotatable bonds is 6. The van der Waals surface area contributed by atoms with Crippen LogP contribution in [0.5, 0.6) is 0 Å². The van der Waals surface area contributed by atoms with Crippen LogP contribution in [0, 0.1) is 12.8 Å². The van der Waals surface area contributed by atoms with E-state index >= 15 is 0 Å². The number of para-hydroxylation sites is 2. The summed E-state index contributed by atoms with van der Waals surface area (Å²) >= 11 is 0. The Balaban J connectivity index is 1.72. The van der Waals surface area contributed by atoms with Crippen molar-refractivity contribution in [2.45, 2.75) is 39.8 Å². The van der Waals surface area contributed by atoms with Gasteiger partial charge in [0, 0.05) is 45.4 Å². The number of benzene rings is 1. The summed E-state index contributed by atoms with van der Waals surface area (Å²) < 4.78 is 0. The molecule has 0 radical (unpaired) electrons. The number of fused-ring (bicyclic) bond motifs is 1. The lowest BCUT2D eigenvalue weighted by atomic mass is 10.1. The van der Waals surface area contributed by atoms with Gasteiger partial charge in [0.1, 0.15) is 0 Å². The van der Waals surface area contributed by atoms with Gasteiger partial charge in [-0.05, 0) is 31.4 Å². The van der Waals surface area contributed by atoms with Gasteiger partial charge in [-0.3, -0.25) is 9.80 Å². The topological polar surface area (TPSA) is 52.5 Å². The van der Waals surface area contributed by atoms with Gasteiger partial charge in [-0.25, -0.2) is 9.97 Å². The maximum atomic E-state index is 9.44. The van der Waals surface area contributed by atoms with E-state index < -0.39 is 0 Å². The average molecular weight is 342 g/mol. The number of aliphatic hydroxyl groups is 1. The maximum absolute atomic E-state index is 9.44. The maximum Gasteiger partial charge on any atom is 0.0890 e. The van der Waals surface area contributed by atoms with Crippen molar-refractivity contribution in [3.05, 3.63) is 35.7 Å². The summed E-state index contributed by atoms with van der Waals surface area (Å²) in [6.07, 6.45) is 0.839. The Morgan fingerprint density at radius 1 is 1.16 bits per heavy atom. The highest BCUT2D eigenvalue weighted by Crippen LogP contribution is 2.19. The first-order chi connectivity index (χ1) is 12.1. The molecule has 1 saturated heterocycles. The summed E-state index contributed by atoms with van der Waals surface area (Å²) in [6, 6.07) is 8.48. The molecule has 1 fully saturated rings. The van der Waals surface area contributed by atoms with Crippen molar-refractivity contribution < 1.29 is 5.11 Å². The van der Waals surface area contributed by atoms with Crippen molar-refractivity contribution in [2.24, 2.45) is 5.92 Å². The van der Waals surface area contributed by atoms with Crippen molar-refractivity contribution >= 4 is 11.0 Å². The smallest absolute Gasteiger partial charge is 0.0890 e. The van der Waals surface area contributed by atoms with Crippen molar-refractivity contribution in [3.8, 4) is 0 Å². The predicted octanol–water partition coefficient (Wildman–Crippen LogP) is 2.46. The van der Waals surface area contributed by atoms with E-state index in [4.69, 9.17) is 9.97 Å². The van der Waals surface area contributed by atoms with Crippen LogP contribution in [0.1, 0.15) is 31.7 Å². The van der Waals surface area contributed by atoms with Gasteiger partial charge in [-0.15, -0.1) is 0 Å². The monoisotopic (exact) mass is 342 g/mol. The van der Waals surface area contributed by atoms with Gasteiger partial charge in [0.05, 0.1) is 22.4 Å². The molecule has 2 aromatic rings. The summed E-state index contributed by atoms with van der Waals surface area (Å²) in [6.45, 7) is 11.9. The molecular formula is C20H30N4O. The van der Waals surface area contributed by atoms with E-state index in [1.807, 2.05) is 24.3 Å². The summed E-state index contributed by atoms with van der Waals surface area (Å²) in [4.78, 5) is 14.6. The molecule has 0 saturated carbocycles. The van der Waals surface area contributed by atoms with Crippen LogP contribution >= 0.6 is 0 Å². The molecule has 0 bridgehead atoms. The van der Waals surface area contributed by atoms with Crippen LogP contribution in [0.4, 0.5) is 0 Å². The van der Waals surface area contributed by atoms with Gasteiger partial charge in [-0.2, -0.15) is 0 Å². The zero-order valence-electron chi connectivity index (χ0n) is 15.6. The molecule has 1 aromatic carbocycles. The molecule has 0 spiro atoms. The van der Waals surface area contributed by atoms with Crippen LogP contribution in [0.2, 0.25) is 0 Å². The molecule has 2 heterocycles. The summed E-state index contributed by atoms with van der Waals surface area (Å²) in [5, 5.41) is 9.44. The first kappa shape index (κ1) is 18.2. The predicted molar refractivity (Wildman–Crippen MR) is 101 cm³/mol. The quantitative estimate of drug-likeness (QED) is 0.874. The van der Waals surface area contributed by atoms with Gasteiger partial charge in [0.15, 0.2) is 0 Å². The highest BCUT2D eigenvalue weighted by molar-refractivity contribution is 5.74. The molecule has 1 aromatic heterocycles. The Labute approximate surface area is 150 Å². The number of hydrogen-bond acceptors (Lipinski definition) is 5. The third-order valence-corrected chi connectivity index (χ3v) is 4.97. The normalized spacial score (nSPS) is 19.8. The zero-order chi connectivity index (χ0) is 17.8. The summed E-state index contributed by atoms with van der Waals surface area (Å²) in [5.74, 6) is 0.654. The van der Waals surface area contributed by atoms with Gasteiger partial charge in [0.25, 0.3) is 0 Å². The minimum atomic E-state index is 0.252. The van der Waals surface area contributed by atoms with Crippen LogP contribution in [0.15, 0.2) is 24.3 Å². The van der Waals surface area contributed by atoms with Crippen LogP contribution in [0.25, 0.3) is 11.0 Å². The molecule has 1 unspecified atom stereocenters. The second-order valence-corrected chi connectivity index (χ2v) is 7.53. The second kappa shape index (κ2) is 8.21. The minimum Gasteiger partial charge on any atom is -0.396 e. The number of aromatic nitrogens is 2. The Kier molecular flexibility index (Phi) is 5.99. The van der Waals surface area contributed by atoms with E-state index in [1.54, 1.807) is 0 Å². The Hall–Kier alpha value is -1.56. The average Bonchev–Trinajstić information content (AvgIpc) is 2.58. The SMILES string of the molecule is Cc1nc2ccccc2nc1CN1CCN(CC(C)C)C(CCO)C1. The number of aliphatic hydroxyl groups excluding tert-OH is 1. The molecular weight excluding hydrogens is 312 g/mol. The molecule has 25 heavy (non-hydrogen) atoms. The Morgan fingerprint density at radius 3 is 2.56 bits per heavy atom. The molecule has 1 aliphatic rings. The molecule has 1 N–H and O–H groups in total. The summed E-state index contributed by atoms with van der Waals surface area (Å²) in [7, 11) is 0. The lowest BCUT2D eigenvalue weighted by Gasteiger charge is -2.42. The standard InChI is InChI=1S/C20H30N4O/c1-15(2)12-24-10-9-23(13-17(24)8-11-25)14-20-16(3)21-18-6-4-5-7-19(18)22-20/h4-7,15,17,25H,8-14H2,1-3H3. The van der Waals surface area contributed by atoms with Crippen LogP contribution in [-0.2, 0) is 6.54 Å². The number of nitrogens with zero attached hydrogens (tertiary/aromatic N) is 4. The fourth-order valence-electron chi connectivity index (χ4n) is 3.72. The molecule has 136 valence electrons. The Morgan fingerprint density at radius 2 is 1.88 bits per heavy atom. The number of piperazine rings is 1. The van der Waals surface area contributed by atoms with Crippen molar-refractivity contribution in [1.29, 1.82) is 0 Å². The van der Waals surface area contributed by atoms with Gasteiger partial charge in [-0.1, -0.05) is 26.0 Å². The van der Waals surface area contributed by atoms with Crippen LogP contribution < -0.4 is 0 Å². The fraction of sp³-hybridized carbons (Fsp3) is 0.600. The third kappa shape index (κ3) is 4.54. The first-order valence-electron chi connectivity index (χ1n) is 9.36. The van der Waals surface area contributed by atoms with E-state index in [0.29, 0.717) is 12.0 Å². The second-order valence-electron chi connectivity index (χ2n) is 7.53. The molecule has 0 amide bonds. The number of aryl methyl sites for hydroxylation is 1. The molecule has 5 nitrogen and oxygen atoms in total. The first-order valence-corrected chi connectivity index (χ1v) is 9.36. The molecule has 1 aliphatic heterocycles. The molecule has 0 aliphatic carbocycles. The summed E-state index contributed by atoms with van der Waals surface area (Å²) in [5.41, 5.74) is 4.01. The highest BCUT2D eigenvalue weighted by Gasteiger charge is 2.27. The van der Waals surface area contributed by atoms with Crippen molar-refractivity contribution in [1.82, 2.24) is 19.8 Å². The largest absolute Gasteiger partial charge is 0.396 e. The van der Waals surface area contributed by atoms with Crippen LogP contribution in [-0.4, -0.2) is 63.7 Å².